The number of benzene rings is 1. The van der Waals surface area contributed by atoms with Gasteiger partial charge in [0.1, 0.15) is 18.8 Å². The lowest BCUT2D eigenvalue weighted by atomic mass is 9.46. The molecule has 0 amide bonds. The summed E-state index contributed by atoms with van der Waals surface area (Å²) in [5.74, 6) is -0.696. The zero-order chi connectivity index (χ0) is 25.6. The zero-order valence-corrected chi connectivity index (χ0v) is 21.6. The molecule has 2 fully saturated rings. The Kier molecular flexibility index (Phi) is 5.19. The van der Waals surface area contributed by atoms with Crippen LogP contribution in [0, 0.1) is 34.5 Å². The van der Waals surface area contributed by atoms with Crippen molar-refractivity contribution in [3.63, 3.8) is 0 Å². The minimum atomic E-state index is -1.63. The first-order valence-electron chi connectivity index (χ1n) is 13.3. The van der Waals surface area contributed by atoms with Crippen molar-refractivity contribution in [2.24, 2.45) is 39.6 Å². The maximum atomic E-state index is 12.9. The van der Waals surface area contributed by atoms with E-state index in [-0.39, 0.29) is 29.1 Å². The molecule has 3 N–H and O–H groups in total. The normalized spacial score (nSPS) is 43.1. The van der Waals surface area contributed by atoms with E-state index in [0.29, 0.717) is 19.4 Å². The van der Waals surface area contributed by atoms with E-state index >= 15 is 0 Å². The van der Waals surface area contributed by atoms with Gasteiger partial charge in [-0.15, -0.1) is 0 Å². The second-order valence-electron chi connectivity index (χ2n) is 12.3. The lowest BCUT2D eigenvalue weighted by Gasteiger charge is -2.59. The van der Waals surface area contributed by atoms with E-state index in [1.165, 1.54) is 16.7 Å². The molecule has 1 aromatic rings. The third kappa shape index (κ3) is 2.86. The van der Waals surface area contributed by atoms with Crippen LogP contribution in [-0.4, -0.2) is 50.7 Å². The van der Waals surface area contributed by atoms with Crippen LogP contribution in [0.1, 0.15) is 47.0 Å². The molecule has 6 heteroatoms. The van der Waals surface area contributed by atoms with Gasteiger partial charge in [0.25, 0.3) is 0 Å². The first-order valence-corrected chi connectivity index (χ1v) is 13.3. The van der Waals surface area contributed by atoms with E-state index in [2.05, 4.69) is 42.8 Å². The van der Waals surface area contributed by atoms with Gasteiger partial charge in [-0.2, -0.15) is 0 Å². The molecular formula is C30H37N2O4+. The highest BCUT2D eigenvalue weighted by Gasteiger charge is 2.70. The Morgan fingerprint density at radius 3 is 2.64 bits per heavy atom. The molecule has 0 spiro atoms. The second-order valence-corrected chi connectivity index (χ2v) is 12.3. The van der Waals surface area contributed by atoms with Gasteiger partial charge >= 0.3 is 0 Å². The number of rotatable bonds is 3. The third-order valence-corrected chi connectivity index (χ3v) is 10.6. The molecule has 8 atom stereocenters. The van der Waals surface area contributed by atoms with Crippen molar-refractivity contribution in [2.45, 2.75) is 58.7 Å². The third-order valence-electron chi connectivity index (χ3n) is 10.6. The lowest BCUT2D eigenvalue weighted by molar-refractivity contribution is -0.449. The molecule has 0 saturated heterocycles. The van der Waals surface area contributed by atoms with Crippen LogP contribution in [0.15, 0.2) is 70.0 Å². The summed E-state index contributed by atoms with van der Waals surface area (Å²) >= 11 is 0. The molecule has 36 heavy (non-hydrogen) atoms. The molecular weight excluding hydrogens is 452 g/mol. The predicted molar refractivity (Wildman–Crippen MR) is 135 cm³/mol. The van der Waals surface area contributed by atoms with E-state index in [1.54, 1.807) is 0 Å². The Labute approximate surface area is 212 Å². The van der Waals surface area contributed by atoms with Gasteiger partial charge in [0.05, 0.1) is 6.10 Å². The molecule has 0 bridgehead atoms. The van der Waals surface area contributed by atoms with Crippen LogP contribution in [0.5, 0.6) is 0 Å². The van der Waals surface area contributed by atoms with Gasteiger partial charge in [0.2, 0.25) is 11.4 Å². The summed E-state index contributed by atoms with van der Waals surface area (Å²) < 4.78 is 2.05. The van der Waals surface area contributed by atoms with Gasteiger partial charge in [-0.05, 0) is 54.6 Å². The monoisotopic (exact) mass is 489 g/mol. The topological polar surface area (TPSA) is 93.1 Å². The van der Waals surface area contributed by atoms with Crippen LogP contribution < -0.4 is 0 Å². The molecule has 0 aromatic heterocycles. The summed E-state index contributed by atoms with van der Waals surface area (Å²) in [4.78, 5) is 12.9. The van der Waals surface area contributed by atoms with Crippen LogP contribution in [0.3, 0.4) is 0 Å². The van der Waals surface area contributed by atoms with Gasteiger partial charge in [-0.25, -0.2) is 0 Å². The van der Waals surface area contributed by atoms with E-state index in [0.717, 1.165) is 17.8 Å². The smallest absolute Gasteiger partial charge is 0.239 e. The van der Waals surface area contributed by atoms with Crippen molar-refractivity contribution in [1.29, 1.82) is 0 Å². The van der Waals surface area contributed by atoms with Crippen molar-refractivity contribution in [2.75, 3.05) is 13.2 Å². The highest BCUT2D eigenvalue weighted by atomic mass is 16.3. The Morgan fingerprint density at radius 1 is 1.22 bits per heavy atom. The maximum absolute atomic E-state index is 12.9. The number of hydrogen-bond acceptors (Lipinski definition) is 5. The van der Waals surface area contributed by atoms with Gasteiger partial charge < -0.3 is 15.3 Å². The molecule has 6 nitrogen and oxygen atoms in total. The highest BCUT2D eigenvalue weighted by Crippen LogP contribution is 2.68. The zero-order valence-electron chi connectivity index (χ0n) is 21.6. The van der Waals surface area contributed by atoms with Gasteiger partial charge in [0.15, 0.2) is 5.78 Å². The van der Waals surface area contributed by atoms with Crippen LogP contribution in [0.2, 0.25) is 0 Å². The second kappa shape index (κ2) is 7.80. The van der Waals surface area contributed by atoms with Crippen LogP contribution in [0.25, 0.3) is 0 Å². The summed E-state index contributed by atoms with van der Waals surface area (Å²) in [6.45, 7) is 8.30. The molecule has 1 aliphatic heterocycles. The van der Waals surface area contributed by atoms with Crippen LogP contribution in [0.4, 0.5) is 5.69 Å². The largest absolute Gasteiger partial charge is 0.393 e. The molecule has 4 aliphatic carbocycles. The Balaban J connectivity index is 1.43. The number of aliphatic hydroxyl groups is 3. The SMILES string of the molecule is CC1=C[C@@H]2[C@H]([C@@H](O)C[C@@]3(C)[C@H]2C[C@@H](C)[C@]3(O)C(=O)CO)[C@@]2(C)CC3=C(C=C12)[N+](c1ccccc1)=NC3. The number of allylic oxidation sites excluding steroid dienone is 4. The summed E-state index contributed by atoms with van der Waals surface area (Å²) in [5, 5.41) is 38.0. The molecule has 190 valence electrons. The number of ketones is 1. The average Bonchev–Trinajstić information content (AvgIpc) is 3.34. The highest BCUT2D eigenvalue weighted by molar-refractivity contribution is 5.90. The number of hydrogen-bond donors (Lipinski definition) is 3. The number of carbonyl (C=O) groups is 1. The average molecular weight is 490 g/mol. The molecule has 1 aromatic carbocycles. The standard InChI is InChI=1S/C30H37N2O4/c1-17-10-21-23-11-18(2)30(36,26(35)16-33)29(23,4)14-25(34)27(21)28(3)13-19-15-31-32(24(19)12-22(17)28)20-8-6-5-7-9-20/h5-10,12,18,21,23,25,27,33-34,36H,11,13-16H2,1-4H3/q+1/t18-,21+,23+,25+,27-,28+,29+,30+/m1/s1. The lowest BCUT2D eigenvalue weighted by Crippen LogP contribution is -2.62. The molecule has 0 radical (unpaired) electrons. The number of azo groups is 2. The van der Waals surface area contributed by atoms with Crippen LogP contribution >= 0.6 is 0 Å². The van der Waals surface area contributed by atoms with Gasteiger partial charge in [-0.3, -0.25) is 4.79 Å². The minimum Gasteiger partial charge on any atom is -0.393 e. The predicted octanol–water partition coefficient (Wildman–Crippen LogP) is 4.30. The summed E-state index contributed by atoms with van der Waals surface area (Å²) in [7, 11) is 0. The van der Waals surface area contributed by atoms with Crippen molar-refractivity contribution in [3.05, 3.63) is 64.9 Å². The number of fused-ring (bicyclic) bond motifs is 5. The number of para-hydroxylation sites is 1. The van der Waals surface area contributed by atoms with E-state index < -0.39 is 29.5 Å². The summed E-state index contributed by atoms with van der Waals surface area (Å²) in [6.07, 6.45) is 5.82. The maximum Gasteiger partial charge on any atom is 0.239 e. The Bertz CT molecular complexity index is 1260. The minimum absolute atomic E-state index is 0.0101. The molecule has 2 saturated carbocycles. The van der Waals surface area contributed by atoms with E-state index in [9.17, 15) is 20.1 Å². The summed E-state index contributed by atoms with van der Waals surface area (Å²) in [5.41, 5.74) is 3.30. The Hall–Kier alpha value is -2.41. The van der Waals surface area contributed by atoms with Crippen molar-refractivity contribution >= 4 is 11.5 Å². The first-order chi connectivity index (χ1) is 17.1. The van der Waals surface area contributed by atoms with Crippen molar-refractivity contribution in [3.8, 4) is 0 Å². The number of aliphatic hydroxyl groups excluding tert-OH is 2. The van der Waals surface area contributed by atoms with Crippen LogP contribution in [-0.2, 0) is 4.79 Å². The fraction of sp³-hybridized carbons (Fsp3) is 0.567. The van der Waals surface area contributed by atoms with Gasteiger partial charge in [0, 0.05) is 40.5 Å². The fourth-order valence-electron chi connectivity index (χ4n) is 9.04. The van der Waals surface area contributed by atoms with Gasteiger partial charge in [-0.1, -0.05) is 55.3 Å². The molecule has 0 unspecified atom stereocenters. The van der Waals surface area contributed by atoms with E-state index in [1.807, 2.05) is 32.0 Å². The van der Waals surface area contributed by atoms with Crippen molar-refractivity contribution < 1.29 is 24.8 Å². The van der Waals surface area contributed by atoms with E-state index in [4.69, 9.17) is 5.11 Å². The quantitative estimate of drug-likeness (QED) is 0.552. The fourth-order valence-corrected chi connectivity index (χ4v) is 9.04. The first kappa shape index (κ1) is 24.0. The molecule has 6 rings (SSSR count). The molecule has 1 heterocycles. The number of carbonyl (C=O) groups excluding carboxylic acids is 1. The number of Topliss-reactive ketones (excluding diaryl/α,β-unsaturated/α-hetero) is 1. The number of nitrogens with zero attached hydrogens (tertiary/aromatic N) is 2. The molecule has 5 aliphatic rings. The Morgan fingerprint density at radius 2 is 1.94 bits per heavy atom. The van der Waals surface area contributed by atoms with Crippen molar-refractivity contribution in [1.82, 2.24) is 0 Å². The summed E-state index contributed by atoms with van der Waals surface area (Å²) in [6, 6.07) is 10.2.